The van der Waals surface area contributed by atoms with Crippen molar-refractivity contribution in [1.29, 1.82) is 0 Å². The highest BCUT2D eigenvalue weighted by Gasteiger charge is 2.24. The average molecular weight is 278 g/mol. The third-order valence-corrected chi connectivity index (χ3v) is 3.67. The second-order valence-corrected chi connectivity index (χ2v) is 5.42. The van der Waals surface area contributed by atoms with E-state index in [1.165, 1.54) is 25.7 Å². The largest absolute Gasteiger partial charge is 0.478 e. The summed E-state index contributed by atoms with van der Waals surface area (Å²) in [6, 6.07) is 2.42. The lowest BCUT2D eigenvalue weighted by atomic mass is 10.2. The quantitative estimate of drug-likeness (QED) is 0.829. The van der Waals surface area contributed by atoms with Gasteiger partial charge in [0, 0.05) is 30.9 Å². The fourth-order valence-electron chi connectivity index (χ4n) is 2.73. The lowest BCUT2D eigenvalue weighted by Crippen LogP contribution is -2.38. The number of hydrogen-bond donors (Lipinski definition) is 1. The molecule has 5 nitrogen and oxygen atoms in total. The molecule has 1 fully saturated rings. The van der Waals surface area contributed by atoms with Crippen LogP contribution in [0.1, 0.15) is 44.7 Å². The fraction of sp³-hybridized carbons (Fsp3) is 0.733. The first-order chi connectivity index (χ1) is 9.74. The number of anilines is 1. The number of nitrogens with zero attached hydrogens (tertiary/aromatic N) is 3. The van der Waals surface area contributed by atoms with Crippen LogP contribution in [0.3, 0.4) is 0 Å². The maximum absolute atomic E-state index is 5.76. The topological polar surface area (TPSA) is 64.3 Å². The molecule has 1 heterocycles. The van der Waals surface area contributed by atoms with Crippen molar-refractivity contribution in [3.8, 4) is 5.88 Å². The molecule has 0 amide bonds. The summed E-state index contributed by atoms with van der Waals surface area (Å²) in [5.41, 5.74) is 6.71. The van der Waals surface area contributed by atoms with Gasteiger partial charge in [-0.1, -0.05) is 19.8 Å². The van der Waals surface area contributed by atoms with Crippen molar-refractivity contribution < 1.29 is 4.74 Å². The molecule has 1 aromatic heterocycles. The molecular formula is C15H26N4O. The number of aromatic nitrogens is 2. The van der Waals surface area contributed by atoms with Gasteiger partial charge in [-0.2, -0.15) is 4.98 Å². The third-order valence-electron chi connectivity index (χ3n) is 3.67. The van der Waals surface area contributed by atoms with Gasteiger partial charge in [-0.05, 0) is 26.2 Å². The van der Waals surface area contributed by atoms with Gasteiger partial charge in [-0.3, -0.25) is 0 Å². The number of aryl methyl sites for hydroxylation is 1. The fourth-order valence-corrected chi connectivity index (χ4v) is 2.73. The van der Waals surface area contributed by atoms with Gasteiger partial charge in [0.25, 0.3) is 0 Å². The molecule has 2 rings (SSSR count). The van der Waals surface area contributed by atoms with E-state index in [1.807, 2.05) is 13.0 Å². The van der Waals surface area contributed by atoms with E-state index in [0.717, 1.165) is 24.6 Å². The van der Waals surface area contributed by atoms with E-state index in [-0.39, 0.29) is 0 Å². The molecule has 0 bridgehead atoms. The molecule has 112 valence electrons. The zero-order valence-electron chi connectivity index (χ0n) is 12.6. The molecule has 0 spiro atoms. The van der Waals surface area contributed by atoms with Crippen LogP contribution in [0.4, 0.5) is 5.95 Å². The van der Waals surface area contributed by atoms with Gasteiger partial charge in [0.1, 0.15) is 0 Å². The summed E-state index contributed by atoms with van der Waals surface area (Å²) in [5.74, 6) is 1.45. The van der Waals surface area contributed by atoms with Crippen molar-refractivity contribution in [2.45, 2.75) is 52.0 Å². The van der Waals surface area contributed by atoms with Crippen LogP contribution in [-0.4, -0.2) is 35.7 Å². The minimum Gasteiger partial charge on any atom is -0.478 e. The van der Waals surface area contributed by atoms with Crippen LogP contribution in [0.2, 0.25) is 0 Å². The van der Waals surface area contributed by atoms with Crippen molar-refractivity contribution in [1.82, 2.24) is 9.97 Å². The first-order valence-corrected chi connectivity index (χ1v) is 7.69. The Morgan fingerprint density at radius 1 is 1.35 bits per heavy atom. The summed E-state index contributed by atoms with van der Waals surface area (Å²) in [6.07, 6.45) is 5.98. The Balaban J connectivity index is 2.19. The molecule has 0 atom stereocenters. The summed E-state index contributed by atoms with van der Waals surface area (Å²) in [6.45, 7) is 6.20. The zero-order valence-corrected chi connectivity index (χ0v) is 12.6. The van der Waals surface area contributed by atoms with Gasteiger partial charge in [0.2, 0.25) is 11.8 Å². The van der Waals surface area contributed by atoms with Gasteiger partial charge >= 0.3 is 0 Å². The first kappa shape index (κ1) is 15.0. The molecule has 0 saturated heterocycles. The lowest BCUT2D eigenvalue weighted by molar-refractivity contribution is 0.304. The SMILES string of the molecule is CCCOc1cc(C)nc(N(CCN)C2CCCC2)n1. The van der Waals surface area contributed by atoms with E-state index in [9.17, 15) is 0 Å². The minimum atomic E-state index is 0.527. The summed E-state index contributed by atoms with van der Waals surface area (Å²) in [4.78, 5) is 11.4. The predicted octanol–water partition coefficient (Wildman–Crippen LogP) is 2.28. The predicted molar refractivity (Wildman–Crippen MR) is 81.2 cm³/mol. The van der Waals surface area contributed by atoms with Crippen LogP contribution in [0.5, 0.6) is 5.88 Å². The Morgan fingerprint density at radius 2 is 2.10 bits per heavy atom. The van der Waals surface area contributed by atoms with Crippen LogP contribution >= 0.6 is 0 Å². The second kappa shape index (κ2) is 7.43. The van der Waals surface area contributed by atoms with E-state index in [0.29, 0.717) is 25.1 Å². The molecule has 0 aliphatic heterocycles. The molecule has 1 aliphatic rings. The van der Waals surface area contributed by atoms with Gasteiger partial charge in [-0.25, -0.2) is 4.98 Å². The van der Waals surface area contributed by atoms with Gasteiger partial charge in [0.05, 0.1) is 6.61 Å². The summed E-state index contributed by atoms with van der Waals surface area (Å²) < 4.78 is 5.66. The summed E-state index contributed by atoms with van der Waals surface area (Å²) in [5, 5.41) is 0. The van der Waals surface area contributed by atoms with Gasteiger partial charge < -0.3 is 15.4 Å². The zero-order chi connectivity index (χ0) is 14.4. The monoisotopic (exact) mass is 278 g/mol. The Morgan fingerprint density at radius 3 is 2.75 bits per heavy atom. The number of hydrogen-bond acceptors (Lipinski definition) is 5. The Kier molecular flexibility index (Phi) is 5.59. The number of rotatable bonds is 7. The highest BCUT2D eigenvalue weighted by atomic mass is 16.5. The normalized spacial score (nSPS) is 15.6. The van der Waals surface area contributed by atoms with Gasteiger partial charge in [-0.15, -0.1) is 0 Å². The molecule has 1 aromatic rings. The maximum Gasteiger partial charge on any atom is 0.229 e. The second-order valence-electron chi connectivity index (χ2n) is 5.42. The van der Waals surface area contributed by atoms with Crippen LogP contribution < -0.4 is 15.4 Å². The van der Waals surface area contributed by atoms with Crippen LogP contribution in [0.15, 0.2) is 6.07 Å². The van der Waals surface area contributed by atoms with E-state index in [4.69, 9.17) is 10.5 Å². The highest BCUT2D eigenvalue weighted by Crippen LogP contribution is 2.27. The highest BCUT2D eigenvalue weighted by molar-refractivity contribution is 5.36. The van der Waals surface area contributed by atoms with Crippen molar-refractivity contribution in [2.75, 3.05) is 24.6 Å². The molecule has 5 heteroatoms. The first-order valence-electron chi connectivity index (χ1n) is 7.69. The maximum atomic E-state index is 5.76. The van der Waals surface area contributed by atoms with E-state index in [1.54, 1.807) is 0 Å². The Hall–Kier alpha value is -1.36. The molecule has 0 unspecified atom stereocenters. The van der Waals surface area contributed by atoms with Crippen LogP contribution in [0, 0.1) is 6.92 Å². The standard InChI is InChI=1S/C15H26N4O/c1-3-10-20-14-11-12(2)17-15(18-14)19(9-8-16)13-6-4-5-7-13/h11,13H,3-10,16H2,1-2H3. The Bertz CT molecular complexity index is 418. The van der Waals surface area contributed by atoms with Crippen molar-refractivity contribution >= 4 is 5.95 Å². The number of ether oxygens (including phenoxy) is 1. The van der Waals surface area contributed by atoms with E-state index < -0.39 is 0 Å². The smallest absolute Gasteiger partial charge is 0.229 e. The molecule has 1 aliphatic carbocycles. The Labute approximate surface area is 121 Å². The number of nitrogens with two attached hydrogens (primary N) is 1. The summed E-state index contributed by atoms with van der Waals surface area (Å²) in [7, 11) is 0. The van der Waals surface area contributed by atoms with E-state index >= 15 is 0 Å². The molecule has 20 heavy (non-hydrogen) atoms. The van der Waals surface area contributed by atoms with Crippen LogP contribution in [0.25, 0.3) is 0 Å². The summed E-state index contributed by atoms with van der Waals surface area (Å²) >= 11 is 0. The average Bonchev–Trinajstić information content (AvgIpc) is 2.95. The third kappa shape index (κ3) is 3.82. The molecule has 2 N–H and O–H groups in total. The van der Waals surface area contributed by atoms with E-state index in [2.05, 4.69) is 21.8 Å². The minimum absolute atomic E-state index is 0.527. The van der Waals surface area contributed by atoms with Crippen LogP contribution in [-0.2, 0) is 0 Å². The van der Waals surface area contributed by atoms with Gasteiger partial charge in [0.15, 0.2) is 0 Å². The van der Waals surface area contributed by atoms with Crippen molar-refractivity contribution in [2.24, 2.45) is 5.73 Å². The molecule has 1 saturated carbocycles. The molecule has 0 aromatic carbocycles. The van der Waals surface area contributed by atoms with Crippen molar-refractivity contribution in [3.05, 3.63) is 11.8 Å². The van der Waals surface area contributed by atoms with Crippen molar-refractivity contribution in [3.63, 3.8) is 0 Å². The molecule has 0 radical (unpaired) electrons. The lowest BCUT2D eigenvalue weighted by Gasteiger charge is -2.28. The molecular weight excluding hydrogens is 252 g/mol.